The molecule has 0 aliphatic carbocycles. The molecule has 2 aromatic carbocycles. The number of thioether (sulfide) groups is 1. The molecular weight excluding hydrogens is 491 g/mol. The highest BCUT2D eigenvalue weighted by Gasteiger charge is 2.54. The molecule has 0 aromatic heterocycles. The zero-order valence-corrected chi connectivity index (χ0v) is 21.1. The Kier molecular flexibility index (Phi) is 5.21. The van der Waals surface area contributed by atoms with Crippen LogP contribution in [0.4, 0.5) is 10.1 Å². The fraction of sp³-hybridized carbons (Fsp3) is 0.269. The van der Waals surface area contributed by atoms with Crippen LogP contribution in [0.5, 0.6) is 0 Å². The number of carbonyl (C=O) groups excluding carboxylic acids is 2. The summed E-state index contributed by atoms with van der Waals surface area (Å²) in [7, 11) is 0. The van der Waals surface area contributed by atoms with Gasteiger partial charge in [0.2, 0.25) is 0 Å². The molecule has 3 heterocycles. The molecule has 4 nitrogen and oxygen atoms in total. The zero-order valence-electron chi connectivity index (χ0n) is 18.7. The topological polar surface area (TPSA) is 40.6 Å². The molecule has 1 saturated heterocycles. The van der Waals surface area contributed by atoms with Gasteiger partial charge < -0.3 is 4.90 Å². The van der Waals surface area contributed by atoms with Gasteiger partial charge in [-0.1, -0.05) is 60.6 Å². The van der Waals surface area contributed by atoms with Gasteiger partial charge in [-0.3, -0.25) is 14.5 Å². The highest BCUT2D eigenvalue weighted by atomic mass is 35.5. The minimum absolute atomic E-state index is 0.0146. The average molecular weight is 511 g/mol. The molecule has 0 radical (unpaired) electrons. The van der Waals surface area contributed by atoms with E-state index >= 15 is 4.39 Å². The van der Waals surface area contributed by atoms with Crippen molar-refractivity contribution in [1.82, 2.24) is 4.90 Å². The van der Waals surface area contributed by atoms with E-state index < -0.39 is 22.7 Å². The lowest BCUT2D eigenvalue weighted by atomic mass is 9.65. The summed E-state index contributed by atoms with van der Waals surface area (Å²) >= 11 is 12.5. The second-order valence-electron chi connectivity index (χ2n) is 9.49. The Morgan fingerprint density at radius 3 is 2.50 bits per heavy atom. The van der Waals surface area contributed by atoms with Crippen molar-refractivity contribution in [3.05, 3.63) is 68.8 Å². The molecule has 0 bridgehead atoms. The minimum Gasteiger partial charge on any atom is -0.302 e. The Labute approximate surface area is 212 Å². The summed E-state index contributed by atoms with van der Waals surface area (Å²) in [6.07, 6.45) is 5.95. The van der Waals surface area contributed by atoms with Crippen molar-refractivity contribution in [2.45, 2.75) is 38.1 Å². The number of hydrogen-bond acceptors (Lipinski definition) is 4. The molecule has 3 aliphatic rings. The van der Waals surface area contributed by atoms with Crippen LogP contribution in [0.2, 0.25) is 5.02 Å². The number of anilines is 1. The number of benzene rings is 2. The molecule has 34 heavy (non-hydrogen) atoms. The fourth-order valence-electron chi connectivity index (χ4n) is 5.47. The molecule has 3 aliphatic heterocycles. The Bertz CT molecular complexity index is 1380. The van der Waals surface area contributed by atoms with Crippen LogP contribution in [0.1, 0.15) is 43.9 Å². The van der Waals surface area contributed by atoms with Gasteiger partial charge in [-0.05, 0) is 55.7 Å². The third kappa shape index (κ3) is 3.16. The minimum atomic E-state index is -0.612. The standard InChI is InChI=1S/C26H20ClFN2O2S2/c1-5-10-29-23(32)21(34-24(29)33)19-17-11-16(28)12-18-20(17)30(22(19)31)25(2,3)13-26(18,4)14-6-8-15(27)9-7-14/h1,6-9,11-12H,10,13H2,2-4H3/b21-19-. The van der Waals surface area contributed by atoms with Crippen LogP contribution in [0.25, 0.3) is 5.57 Å². The number of rotatable bonds is 2. The number of halogens is 2. The predicted octanol–water partition coefficient (Wildman–Crippen LogP) is 5.52. The molecule has 0 saturated carbocycles. The van der Waals surface area contributed by atoms with Gasteiger partial charge >= 0.3 is 0 Å². The molecule has 172 valence electrons. The van der Waals surface area contributed by atoms with Gasteiger partial charge in [-0.15, -0.1) is 6.42 Å². The van der Waals surface area contributed by atoms with Crippen molar-refractivity contribution in [3.8, 4) is 12.3 Å². The Hall–Kier alpha value is -2.66. The van der Waals surface area contributed by atoms with Crippen molar-refractivity contribution in [2.75, 3.05) is 11.4 Å². The molecule has 1 fully saturated rings. The van der Waals surface area contributed by atoms with Crippen molar-refractivity contribution >= 4 is 63.0 Å². The number of terminal acetylenes is 1. The van der Waals surface area contributed by atoms with E-state index in [9.17, 15) is 9.59 Å². The van der Waals surface area contributed by atoms with E-state index in [4.69, 9.17) is 30.2 Å². The van der Waals surface area contributed by atoms with Crippen molar-refractivity contribution in [1.29, 1.82) is 0 Å². The maximum atomic E-state index is 15.1. The molecule has 8 heteroatoms. The number of carbonyl (C=O) groups is 2. The van der Waals surface area contributed by atoms with E-state index in [0.717, 1.165) is 17.3 Å². The fourth-order valence-corrected chi connectivity index (χ4v) is 6.92. The molecule has 2 aromatic rings. The Balaban J connectivity index is 1.79. The number of amides is 2. The summed E-state index contributed by atoms with van der Waals surface area (Å²) in [5.41, 5.74) is 1.70. The van der Waals surface area contributed by atoms with Crippen molar-refractivity contribution in [3.63, 3.8) is 0 Å². The van der Waals surface area contributed by atoms with Crippen molar-refractivity contribution in [2.24, 2.45) is 0 Å². The van der Waals surface area contributed by atoms with E-state index in [0.29, 0.717) is 28.3 Å². The third-order valence-electron chi connectivity index (χ3n) is 6.78. The van der Waals surface area contributed by atoms with E-state index in [-0.39, 0.29) is 27.3 Å². The largest absolute Gasteiger partial charge is 0.302 e. The second-order valence-corrected chi connectivity index (χ2v) is 11.6. The lowest BCUT2D eigenvalue weighted by Crippen LogP contribution is -2.54. The maximum absolute atomic E-state index is 15.1. The number of nitrogens with zero attached hydrogens (tertiary/aromatic N) is 2. The van der Waals surface area contributed by atoms with Crippen LogP contribution in [0, 0.1) is 18.2 Å². The van der Waals surface area contributed by atoms with Gasteiger partial charge in [0.25, 0.3) is 11.8 Å². The first-order chi connectivity index (χ1) is 16.0. The molecule has 1 atom stereocenters. The first-order valence-electron chi connectivity index (χ1n) is 10.7. The van der Waals surface area contributed by atoms with E-state index in [1.54, 1.807) is 4.90 Å². The number of hydrogen-bond donors (Lipinski definition) is 0. The van der Waals surface area contributed by atoms with Crippen LogP contribution in [0.3, 0.4) is 0 Å². The highest BCUT2D eigenvalue weighted by molar-refractivity contribution is 8.26. The van der Waals surface area contributed by atoms with E-state index in [2.05, 4.69) is 12.8 Å². The first kappa shape index (κ1) is 23.1. The molecular formula is C26H20ClFN2O2S2. The molecule has 0 N–H and O–H groups in total. The van der Waals surface area contributed by atoms with Crippen LogP contribution in [-0.4, -0.2) is 33.1 Å². The first-order valence-corrected chi connectivity index (χ1v) is 12.3. The lowest BCUT2D eigenvalue weighted by Gasteiger charge is -2.49. The van der Waals surface area contributed by atoms with Gasteiger partial charge in [0.15, 0.2) is 0 Å². The zero-order chi connectivity index (χ0) is 24.6. The quantitative estimate of drug-likeness (QED) is 0.303. The Morgan fingerprint density at radius 2 is 1.85 bits per heavy atom. The molecule has 2 amide bonds. The monoisotopic (exact) mass is 510 g/mol. The molecule has 0 spiro atoms. The number of thiocarbonyl (C=S) groups is 1. The second kappa shape index (κ2) is 7.67. The molecule has 5 rings (SSSR count). The lowest BCUT2D eigenvalue weighted by molar-refractivity contribution is -0.122. The summed E-state index contributed by atoms with van der Waals surface area (Å²) in [4.78, 5) is 30.2. The Morgan fingerprint density at radius 1 is 1.18 bits per heavy atom. The summed E-state index contributed by atoms with van der Waals surface area (Å²) < 4.78 is 15.4. The predicted molar refractivity (Wildman–Crippen MR) is 138 cm³/mol. The van der Waals surface area contributed by atoms with Crippen LogP contribution < -0.4 is 4.90 Å². The SMILES string of the molecule is C#CCN1C(=O)/C(=C2/C(=O)N3c4c2cc(F)cc4C(C)(c2ccc(Cl)cc2)CC3(C)C)SC1=S. The average Bonchev–Trinajstić information content (AvgIpc) is 3.20. The van der Waals surface area contributed by atoms with E-state index in [1.807, 2.05) is 38.1 Å². The van der Waals surface area contributed by atoms with Gasteiger partial charge in [-0.2, -0.15) is 0 Å². The normalized spacial score (nSPS) is 25.1. The van der Waals surface area contributed by atoms with Gasteiger partial charge in [0.05, 0.1) is 22.7 Å². The van der Waals surface area contributed by atoms with Crippen LogP contribution in [0.15, 0.2) is 41.3 Å². The summed E-state index contributed by atoms with van der Waals surface area (Å²) in [6.45, 7) is 6.04. The summed E-state index contributed by atoms with van der Waals surface area (Å²) in [6, 6.07) is 10.3. The van der Waals surface area contributed by atoms with Crippen LogP contribution >= 0.6 is 35.6 Å². The van der Waals surface area contributed by atoms with Crippen molar-refractivity contribution < 1.29 is 14.0 Å². The van der Waals surface area contributed by atoms with Gasteiger partial charge in [-0.25, -0.2) is 4.39 Å². The third-order valence-corrected chi connectivity index (χ3v) is 8.48. The smallest absolute Gasteiger partial charge is 0.267 e. The maximum Gasteiger partial charge on any atom is 0.267 e. The van der Waals surface area contributed by atoms with Gasteiger partial charge in [0, 0.05) is 21.5 Å². The molecule has 1 unspecified atom stereocenters. The van der Waals surface area contributed by atoms with E-state index in [1.165, 1.54) is 17.0 Å². The van der Waals surface area contributed by atoms with Crippen LogP contribution in [-0.2, 0) is 15.0 Å². The summed E-state index contributed by atoms with van der Waals surface area (Å²) in [5.74, 6) is 1.20. The highest BCUT2D eigenvalue weighted by Crippen LogP contribution is 2.57. The summed E-state index contributed by atoms with van der Waals surface area (Å²) in [5, 5.41) is 0.611. The van der Waals surface area contributed by atoms with Gasteiger partial charge in [0.1, 0.15) is 10.1 Å².